The van der Waals surface area contributed by atoms with Crippen LogP contribution in [0.2, 0.25) is 0 Å². The number of sulfonamides is 1. The molecule has 27 heavy (non-hydrogen) atoms. The molecular formula is C21H22N2O3S. The second kappa shape index (κ2) is 7.21. The van der Waals surface area contributed by atoms with Crippen LogP contribution in [0.15, 0.2) is 65.6 Å². The van der Waals surface area contributed by atoms with E-state index in [1.54, 1.807) is 12.1 Å². The number of fused-ring (bicyclic) bond motifs is 2. The van der Waals surface area contributed by atoms with E-state index in [2.05, 4.69) is 27.8 Å². The predicted molar refractivity (Wildman–Crippen MR) is 108 cm³/mol. The maximum Gasteiger partial charge on any atom is 0.240 e. The standard InChI is InChI=1S/C21H22N2O3S/c1-22-27(24,25)20-9-7-17-10-11-23(21(17)15-20)12-13-26-19-8-6-16-4-2-3-5-18(16)14-19/h2-9,14-15,22H,10-13H2,1H3. The molecule has 4 rings (SSSR count). The summed E-state index contributed by atoms with van der Waals surface area (Å²) in [5.74, 6) is 0.847. The van der Waals surface area contributed by atoms with Crippen LogP contribution in [0.4, 0.5) is 5.69 Å². The summed E-state index contributed by atoms with van der Waals surface area (Å²) in [6.07, 6.45) is 0.922. The Morgan fingerprint density at radius 2 is 1.85 bits per heavy atom. The highest BCUT2D eigenvalue weighted by Gasteiger charge is 2.22. The van der Waals surface area contributed by atoms with E-state index in [0.29, 0.717) is 18.0 Å². The minimum absolute atomic E-state index is 0.297. The number of hydrogen-bond donors (Lipinski definition) is 1. The molecule has 0 atom stereocenters. The topological polar surface area (TPSA) is 58.6 Å². The molecule has 0 amide bonds. The Labute approximate surface area is 159 Å². The molecule has 0 saturated carbocycles. The third kappa shape index (κ3) is 3.63. The molecule has 1 heterocycles. The first-order valence-corrected chi connectivity index (χ1v) is 10.5. The number of anilines is 1. The molecule has 5 nitrogen and oxygen atoms in total. The number of benzene rings is 3. The number of hydrogen-bond acceptors (Lipinski definition) is 4. The number of nitrogens with zero attached hydrogens (tertiary/aromatic N) is 1. The van der Waals surface area contributed by atoms with Crippen molar-refractivity contribution in [2.45, 2.75) is 11.3 Å². The van der Waals surface area contributed by atoms with Gasteiger partial charge in [-0.3, -0.25) is 0 Å². The van der Waals surface area contributed by atoms with E-state index in [1.165, 1.54) is 18.0 Å². The minimum Gasteiger partial charge on any atom is -0.492 e. The van der Waals surface area contributed by atoms with Crippen molar-refractivity contribution in [3.63, 3.8) is 0 Å². The number of ether oxygens (including phenoxy) is 1. The van der Waals surface area contributed by atoms with Gasteiger partial charge in [0.1, 0.15) is 12.4 Å². The van der Waals surface area contributed by atoms with Crippen LogP contribution < -0.4 is 14.4 Å². The smallest absolute Gasteiger partial charge is 0.240 e. The molecule has 0 aromatic heterocycles. The molecular weight excluding hydrogens is 360 g/mol. The largest absolute Gasteiger partial charge is 0.492 e. The third-order valence-corrected chi connectivity index (χ3v) is 6.39. The van der Waals surface area contributed by atoms with E-state index in [9.17, 15) is 8.42 Å². The Morgan fingerprint density at radius 3 is 2.67 bits per heavy atom. The van der Waals surface area contributed by atoms with Crippen molar-refractivity contribution in [1.29, 1.82) is 0 Å². The maximum absolute atomic E-state index is 12.1. The molecule has 0 unspecified atom stereocenters. The van der Waals surface area contributed by atoms with Gasteiger partial charge in [0.15, 0.2) is 0 Å². The van der Waals surface area contributed by atoms with Crippen LogP contribution in [0.3, 0.4) is 0 Å². The van der Waals surface area contributed by atoms with Crippen LogP contribution >= 0.6 is 0 Å². The zero-order chi connectivity index (χ0) is 18.9. The lowest BCUT2D eigenvalue weighted by molar-refractivity contribution is 0.325. The Balaban J connectivity index is 1.45. The zero-order valence-corrected chi connectivity index (χ0v) is 16.0. The fourth-order valence-corrected chi connectivity index (χ4v) is 4.22. The van der Waals surface area contributed by atoms with Gasteiger partial charge in [-0.05, 0) is 54.1 Å². The van der Waals surface area contributed by atoms with Crippen molar-refractivity contribution >= 4 is 26.5 Å². The molecule has 1 aliphatic rings. The van der Waals surface area contributed by atoms with E-state index < -0.39 is 10.0 Å². The van der Waals surface area contributed by atoms with Crippen LogP contribution in [0.25, 0.3) is 10.8 Å². The van der Waals surface area contributed by atoms with Gasteiger partial charge in [0.05, 0.1) is 11.4 Å². The Kier molecular flexibility index (Phi) is 4.76. The van der Waals surface area contributed by atoms with Gasteiger partial charge in [0.25, 0.3) is 0 Å². The van der Waals surface area contributed by atoms with Gasteiger partial charge in [0.2, 0.25) is 10.0 Å². The summed E-state index contributed by atoms with van der Waals surface area (Å²) in [4.78, 5) is 2.48. The molecule has 0 aliphatic carbocycles. The summed E-state index contributed by atoms with van der Waals surface area (Å²) in [6.45, 7) is 2.13. The van der Waals surface area contributed by atoms with Crippen LogP contribution in [0, 0.1) is 0 Å². The van der Waals surface area contributed by atoms with Crippen molar-refractivity contribution in [2.24, 2.45) is 0 Å². The van der Waals surface area contributed by atoms with Crippen LogP contribution in [-0.2, 0) is 16.4 Å². The molecule has 0 radical (unpaired) electrons. The van der Waals surface area contributed by atoms with Crippen LogP contribution in [-0.4, -0.2) is 35.2 Å². The van der Waals surface area contributed by atoms with Gasteiger partial charge in [-0.15, -0.1) is 0 Å². The highest BCUT2D eigenvalue weighted by atomic mass is 32.2. The maximum atomic E-state index is 12.1. The van der Waals surface area contributed by atoms with Gasteiger partial charge in [-0.2, -0.15) is 0 Å². The summed E-state index contributed by atoms with van der Waals surface area (Å²) in [7, 11) is -2.01. The minimum atomic E-state index is -3.44. The lowest BCUT2D eigenvalue weighted by atomic mass is 10.1. The first-order chi connectivity index (χ1) is 13.1. The van der Waals surface area contributed by atoms with Gasteiger partial charge in [-0.1, -0.05) is 36.4 Å². The van der Waals surface area contributed by atoms with Crippen molar-refractivity contribution in [1.82, 2.24) is 4.72 Å². The normalized spacial score (nSPS) is 13.7. The summed E-state index contributed by atoms with van der Waals surface area (Å²) in [5.41, 5.74) is 2.16. The SMILES string of the molecule is CNS(=O)(=O)c1ccc2c(c1)N(CCOc1ccc3ccccc3c1)CC2. The molecule has 1 N–H and O–H groups in total. The fraction of sp³-hybridized carbons (Fsp3) is 0.238. The highest BCUT2D eigenvalue weighted by molar-refractivity contribution is 7.89. The molecule has 3 aromatic rings. The van der Waals surface area contributed by atoms with E-state index >= 15 is 0 Å². The van der Waals surface area contributed by atoms with Crippen molar-refractivity contribution in [3.8, 4) is 5.75 Å². The quantitative estimate of drug-likeness (QED) is 0.711. The van der Waals surface area contributed by atoms with Crippen LogP contribution in [0.1, 0.15) is 5.56 Å². The van der Waals surface area contributed by atoms with E-state index in [4.69, 9.17) is 4.74 Å². The highest BCUT2D eigenvalue weighted by Crippen LogP contribution is 2.30. The first-order valence-electron chi connectivity index (χ1n) is 9.00. The summed E-state index contributed by atoms with van der Waals surface area (Å²) in [6, 6.07) is 19.6. The molecule has 1 aliphatic heterocycles. The van der Waals surface area contributed by atoms with Crippen LogP contribution in [0.5, 0.6) is 5.75 Å². The van der Waals surface area contributed by atoms with Crippen molar-refractivity contribution < 1.29 is 13.2 Å². The second-order valence-electron chi connectivity index (χ2n) is 6.59. The molecule has 0 bridgehead atoms. The van der Waals surface area contributed by atoms with Gasteiger partial charge in [0, 0.05) is 12.2 Å². The average Bonchev–Trinajstić information content (AvgIpc) is 3.10. The first kappa shape index (κ1) is 17.8. The average molecular weight is 382 g/mol. The molecule has 140 valence electrons. The summed E-state index contributed by atoms with van der Waals surface area (Å²) < 4.78 is 32.4. The van der Waals surface area contributed by atoms with Crippen molar-refractivity contribution in [2.75, 3.05) is 31.6 Å². The molecule has 3 aromatic carbocycles. The second-order valence-corrected chi connectivity index (χ2v) is 8.48. The van der Waals surface area contributed by atoms with Gasteiger partial charge >= 0.3 is 0 Å². The predicted octanol–water partition coefficient (Wildman–Crippen LogP) is 3.19. The Bertz CT molecular complexity index is 1080. The number of nitrogens with one attached hydrogen (secondary N) is 1. The lowest BCUT2D eigenvalue weighted by Gasteiger charge is -2.20. The molecule has 6 heteroatoms. The summed E-state index contributed by atoms with van der Waals surface area (Å²) >= 11 is 0. The lowest BCUT2D eigenvalue weighted by Crippen LogP contribution is -2.26. The third-order valence-electron chi connectivity index (χ3n) is 4.98. The van der Waals surface area contributed by atoms with Gasteiger partial charge in [-0.25, -0.2) is 13.1 Å². The van der Waals surface area contributed by atoms with Gasteiger partial charge < -0.3 is 9.64 Å². The van der Waals surface area contributed by atoms with E-state index in [0.717, 1.165) is 29.8 Å². The Morgan fingerprint density at radius 1 is 1.04 bits per heavy atom. The molecule has 0 fully saturated rings. The summed E-state index contributed by atoms with van der Waals surface area (Å²) in [5, 5.41) is 2.35. The van der Waals surface area contributed by atoms with E-state index in [1.807, 2.05) is 30.3 Å². The molecule has 0 saturated heterocycles. The monoisotopic (exact) mass is 382 g/mol. The number of rotatable bonds is 6. The van der Waals surface area contributed by atoms with E-state index in [-0.39, 0.29) is 0 Å². The molecule has 0 spiro atoms. The Hall–Kier alpha value is -2.57. The fourth-order valence-electron chi connectivity index (χ4n) is 3.47. The zero-order valence-electron chi connectivity index (χ0n) is 15.2. The van der Waals surface area contributed by atoms with Crippen molar-refractivity contribution in [3.05, 3.63) is 66.2 Å².